The molecule has 1 atom stereocenters. The molecule has 0 N–H and O–H groups in total. The molecular formula is C14H13FN2OS. The van der Waals surface area contributed by atoms with Crippen LogP contribution in [0.4, 0.5) is 4.39 Å². The van der Waals surface area contributed by atoms with Gasteiger partial charge in [0, 0.05) is 23.7 Å². The van der Waals surface area contributed by atoms with Crippen molar-refractivity contribution in [3.63, 3.8) is 0 Å². The fraction of sp³-hybridized carbons (Fsp3) is 0.286. The van der Waals surface area contributed by atoms with Gasteiger partial charge in [-0.15, -0.1) is 11.3 Å². The molecule has 1 aliphatic rings. The maximum absolute atomic E-state index is 13.2. The van der Waals surface area contributed by atoms with E-state index in [-0.39, 0.29) is 17.8 Å². The fourth-order valence-electron chi connectivity index (χ4n) is 2.45. The molecule has 0 saturated carbocycles. The zero-order valence-electron chi connectivity index (χ0n) is 10.3. The molecule has 1 fully saturated rings. The predicted molar refractivity (Wildman–Crippen MR) is 71.5 cm³/mol. The number of hydrogen-bond donors (Lipinski definition) is 0. The number of carbonyl (C=O) groups is 1. The van der Waals surface area contributed by atoms with Crippen LogP contribution in [0.5, 0.6) is 0 Å². The Bertz CT molecular complexity index is 585. The summed E-state index contributed by atoms with van der Waals surface area (Å²) in [6, 6.07) is 5.90. The Morgan fingerprint density at radius 2 is 2.37 bits per heavy atom. The number of carbonyl (C=O) groups excluding carboxylic acids is 1. The second-order valence-corrected chi connectivity index (χ2v) is 5.46. The molecule has 3 nitrogen and oxygen atoms in total. The second-order valence-electron chi connectivity index (χ2n) is 4.54. The average Bonchev–Trinajstić information content (AvgIpc) is 3.08. The van der Waals surface area contributed by atoms with E-state index in [0.717, 1.165) is 17.8 Å². The Labute approximate surface area is 114 Å². The maximum Gasteiger partial charge on any atom is 0.254 e. The highest BCUT2D eigenvalue weighted by atomic mass is 32.1. The summed E-state index contributed by atoms with van der Waals surface area (Å²) in [7, 11) is 0. The van der Waals surface area contributed by atoms with Gasteiger partial charge in [-0.1, -0.05) is 6.07 Å². The Balaban J connectivity index is 1.87. The standard InChI is InChI=1S/C14H13FN2OS/c15-11-4-1-3-10(9-11)14(18)17-7-2-5-12(17)13-16-6-8-19-13/h1,3-4,6,8-9,12H,2,5,7H2. The fourth-order valence-corrected chi connectivity index (χ4v) is 3.24. The lowest BCUT2D eigenvalue weighted by atomic mass is 10.1. The summed E-state index contributed by atoms with van der Waals surface area (Å²) in [5.74, 6) is -0.493. The average molecular weight is 276 g/mol. The number of benzene rings is 1. The Morgan fingerprint density at radius 1 is 1.47 bits per heavy atom. The number of halogens is 1. The van der Waals surface area contributed by atoms with Crippen LogP contribution in [-0.2, 0) is 0 Å². The van der Waals surface area contributed by atoms with Gasteiger partial charge in [0.1, 0.15) is 10.8 Å². The van der Waals surface area contributed by atoms with E-state index in [1.807, 2.05) is 5.38 Å². The lowest BCUT2D eigenvalue weighted by molar-refractivity contribution is 0.0735. The van der Waals surface area contributed by atoms with Crippen LogP contribution in [0, 0.1) is 5.82 Å². The summed E-state index contributed by atoms with van der Waals surface area (Å²) >= 11 is 1.56. The van der Waals surface area contributed by atoms with Gasteiger partial charge in [-0.2, -0.15) is 0 Å². The highest BCUT2D eigenvalue weighted by molar-refractivity contribution is 7.09. The molecule has 1 aromatic carbocycles. The van der Waals surface area contributed by atoms with Crippen LogP contribution >= 0.6 is 11.3 Å². The van der Waals surface area contributed by atoms with Crippen molar-refractivity contribution >= 4 is 17.2 Å². The Hall–Kier alpha value is -1.75. The van der Waals surface area contributed by atoms with Gasteiger partial charge in [-0.25, -0.2) is 9.37 Å². The van der Waals surface area contributed by atoms with Crippen LogP contribution in [-0.4, -0.2) is 22.3 Å². The van der Waals surface area contributed by atoms with Gasteiger partial charge >= 0.3 is 0 Å². The molecule has 98 valence electrons. The first-order chi connectivity index (χ1) is 9.25. The number of hydrogen-bond acceptors (Lipinski definition) is 3. The molecular weight excluding hydrogens is 263 g/mol. The third-order valence-corrected chi connectivity index (χ3v) is 4.20. The molecule has 0 aliphatic carbocycles. The molecule has 1 unspecified atom stereocenters. The smallest absolute Gasteiger partial charge is 0.254 e. The first kappa shape index (κ1) is 12.3. The molecule has 0 spiro atoms. The van der Waals surface area contributed by atoms with Crippen LogP contribution in [0.1, 0.15) is 34.2 Å². The zero-order chi connectivity index (χ0) is 13.2. The summed E-state index contributed by atoms with van der Waals surface area (Å²) < 4.78 is 13.2. The number of nitrogens with zero attached hydrogens (tertiary/aromatic N) is 2. The lowest BCUT2D eigenvalue weighted by Gasteiger charge is -2.23. The van der Waals surface area contributed by atoms with Crippen molar-refractivity contribution in [2.75, 3.05) is 6.54 Å². The van der Waals surface area contributed by atoms with Gasteiger partial charge in [0.05, 0.1) is 6.04 Å². The molecule has 1 amide bonds. The lowest BCUT2D eigenvalue weighted by Crippen LogP contribution is -2.30. The van der Waals surface area contributed by atoms with E-state index < -0.39 is 0 Å². The van der Waals surface area contributed by atoms with Crippen molar-refractivity contribution in [3.8, 4) is 0 Å². The normalized spacial score (nSPS) is 18.8. The van der Waals surface area contributed by atoms with E-state index in [0.29, 0.717) is 12.1 Å². The van der Waals surface area contributed by atoms with Crippen molar-refractivity contribution in [2.24, 2.45) is 0 Å². The molecule has 19 heavy (non-hydrogen) atoms. The number of amides is 1. The zero-order valence-corrected chi connectivity index (χ0v) is 11.1. The van der Waals surface area contributed by atoms with E-state index in [1.165, 1.54) is 12.1 Å². The quantitative estimate of drug-likeness (QED) is 0.843. The minimum atomic E-state index is -0.379. The third kappa shape index (κ3) is 2.38. The van der Waals surface area contributed by atoms with Crippen LogP contribution in [0.3, 0.4) is 0 Å². The number of likely N-dealkylation sites (tertiary alicyclic amines) is 1. The minimum Gasteiger partial charge on any atom is -0.329 e. The van der Waals surface area contributed by atoms with E-state index in [4.69, 9.17) is 0 Å². The number of rotatable bonds is 2. The largest absolute Gasteiger partial charge is 0.329 e. The monoisotopic (exact) mass is 276 g/mol. The summed E-state index contributed by atoms with van der Waals surface area (Å²) in [5, 5.41) is 2.88. The first-order valence-electron chi connectivity index (χ1n) is 6.21. The SMILES string of the molecule is O=C(c1cccc(F)c1)N1CCCC1c1nccs1. The summed E-state index contributed by atoms with van der Waals surface area (Å²) in [4.78, 5) is 18.5. The molecule has 3 rings (SSSR count). The molecule has 2 heterocycles. The topological polar surface area (TPSA) is 33.2 Å². The third-order valence-electron chi connectivity index (χ3n) is 3.32. The van der Waals surface area contributed by atoms with Gasteiger partial charge in [0.25, 0.3) is 5.91 Å². The van der Waals surface area contributed by atoms with Gasteiger partial charge in [0.15, 0.2) is 0 Å². The van der Waals surface area contributed by atoms with Crippen molar-refractivity contribution in [2.45, 2.75) is 18.9 Å². The highest BCUT2D eigenvalue weighted by Gasteiger charge is 2.32. The molecule has 5 heteroatoms. The van der Waals surface area contributed by atoms with Crippen LogP contribution in [0.15, 0.2) is 35.8 Å². The van der Waals surface area contributed by atoms with E-state index in [2.05, 4.69) is 4.98 Å². The Morgan fingerprint density at radius 3 is 3.11 bits per heavy atom. The molecule has 1 aliphatic heterocycles. The Kier molecular flexibility index (Phi) is 3.29. The molecule has 1 saturated heterocycles. The maximum atomic E-state index is 13.2. The second kappa shape index (κ2) is 5.09. The number of thiazole rings is 1. The van der Waals surface area contributed by atoms with Crippen molar-refractivity contribution < 1.29 is 9.18 Å². The van der Waals surface area contributed by atoms with Crippen molar-refractivity contribution in [3.05, 3.63) is 52.2 Å². The summed E-state index contributed by atoms with van der Waals surface area (Å²) in [6.07, 6.45) is 3.64. The molecule has 1 aromatic heterocycles. The van der Waals surface area contributed by atoms with E-state index in [9.17, 15) is 9.18 Å². The van der Waals surface area contributed by atoms with Crippen LogP contribution in [0.2, 0.25) is 0 Å². The summed E-state index contributed by atoms with van der Waals surface area (Å²) in [5.41, 5.74) is 0.406. The minimum absolute atomic E-state index is 0.0377. The van der Waals surface area contributed by atoms with Crippen LogP contribution < -0.4 is 0 Å². The van der Waals surface area contributed by atoms with Gasteiger partial charge in [-0.05, 0) is 31.0 Å². The number of aromatic nitrogens is 1. The van der Waals surface area contributed by atoms with E-state index in [1.54, 1.807) is 34.6 Å². The van der Waals surface area contributed by atoms with Gasteiger partial charge < -0.3 is 4.90 Å². The van der Waals surface area contributed by atoms with E-state index >= 15 is 0 Å². The van der Waals surface area contributed by atoms with Crippen LogP contribution in [0.25, 0.3) is 0 Å². The molecule has 0 radical (unpaired) electrons. The van der Waals surface area contributed by atoms with Crippen molar-refractivity contribution in [1.29, 1.82) is 0 Å². The van der Waals surface area contributed by atoms with Crippen molar-refractivity contribution in [1.82, 2.24) is 9.88 Å². The summed E-state index contributed by atoms with van der Waals surface area (Å²) in [6.45, 7) is 0.708. The van der Waals surface area contributed by atoms with Gasteiger partial charge in [0.2, 0.25) is 0 Å². The first-order valence-corrected chi connectivity index (χ1v) is 7.09. The molecule has 0 bridgehead atoms. The predicted octanol–water partition coefficient (Wildman–Crippen LogP) is 3.26. The highest BCUT2D eigenvalue weighted by Crippen LogP contribution is 2.34. The molecule has 2 aromatic rings. The van der Waals surface area contributed by atoms with Gasteiger partial charge in [-0.3, -0.25) is 4.79 Å².